The number of carbonyl (C=O) groups is 1. The van der Waals surface area contributed by atoms with Crippen molar-refractivity contribution in [1.29, 1.82) is 0 Å². The van der Waals surface area contributed by atoms with E-state index >= 15 is 0 Å². The number of fused-ring (bicyclic) bond motifs is 1. The summed E-state index contributed by atoms with van der Waals surface area (Å²) in [7, 11) is 0. The number of aromatic nitrogens is 3. The molecule has 1 atom stereocenters. The van der Waals surface area contributed by atoms with Crippen molar-refractivity contribution in [3.8, 4) is 0 Å². The van der Waals surface area contributed by atoms with Crippen molar-refractivity contribution in [3.63, 3.8) is 0 Å². The smallest absolute Gasteiger partial charge is 0.262 e. The lowest BCUT2D eigenvalue weighted by atomic mass is 10.0. The largest absolute Gasteiger partial charge is 0.333 e. The molecule has 1 N–H and O–H groups in total. The van der Waals surface area contributed by atoms with Crippen LogP contribution in [0.4, 0.5) is 0 Å². The predicted octanol–water partition coefficient (Wildman–Crippen LogP) is 1.84. The van der Waals surface area contributed by atoms with E-state index in [2.05, 4.69) is 15.3 Å². The highest BCUT2D eigenvalue weighted by Crippen LogP contribution is 2.22. The van der Waals surface area contributed by atoms with E-state index in [9.17, 15) is 9.59 Å². The van der Waals surface area contributed by atoms with Crippen molar-refractivity contribution in [2.45, 2.75) is 19.0 Å². The highest BCUT2D eigenvalue weighted by Gasteiger charge is 2.27. The van der Waals surface area contributed by atoms with E-state index in [-0.39, 0.29) is 36.3 Å². The van der Waals surface area contributed by atoms with E-state index in [0.717, 1.165) is 16.9 Å². The summed E-state index contributed by atoms with van der Waals surface area (Å²) in [6.45, 7) is 2.46. The van der Waals surface area contributed by atoms with Crippen molar-refractivity contribution in [1.82, 2.24) is 24.8 Å². The molecule has 4 heterocycles. The van der Waals surface area contributed by atoms with Gasteiger partial charge in [0, 0.05) is 45.0 Å². The van der Waals surface area contributed by atoms with Gasteiger partial charge in [0.15, 0.2) is 0 Å². The van der Waals surface area contributed by atoms with E-state index in [4.69, 9.17) is 0 Å². The zero-order valence-electron chi connectivity index (χ0n) is 14.6. The van der Waals surface area contributed by atoms with Gasteiger partial charge in [-0.25, -0.2) is 4.98 Å². The lowest BCUT2D eigenvalue weighted by molar-refractivity contribution is -0.134. The molecule has 1 fully saturated rings. The molecule has 27 heavy (non-hydrogen) atoms. The summed E-state index contributed by atoms with van der Waals surface area (Å²) in [5.74, 6) is 0.0395. The highest BCUT2D eigenvalue weighted by atomic mass is 35.5. The fourth-order valence-electron chi connectivity index (χ4n) is 3.29. The molecule has 1 aliphatic heterocycles. The summed E-state index contributed by atoms with van der Waals surface area (Å²) in [5.41, 5.74) is 0.930. The van der Waals surface area contributed by atoms with Gasteiger partial charge in [-0.3, -0.25) is 19.1 Å². The summed E-state index contributed by atoms with van der Waals surface area (Å²) < 4.78 is 1.52. The topological polar surface area (TPSA) is 80.1 Å². The Hall–Kier alpha value is -2.29. The second-order valence-corrected chi connectivity index (χ2v) is 7.12. The van der Waals surface area contributed by atoms with E-state index < -0.39 is 0 Å². The van der Waals surface area contributed by atoms with Crippen LogP contribution in [0, 0.1) is 0 Å². The van der Waals surface area contributed by atoms with Crippen molar-refractivity contribution in [3.05, 3.63) is 58.2 Å². The molecular weight excluding hydrogens is 386 g/mol. The Kier molecular flexibility index (Phi) is 6.20. The van der Waals surface area contributed by atoms with E-state index in [1.54, 1.807) is 18.5 Å². The molecule has 0 saturated carbocycles. The third-order valence-corrected chi connectivity index (χ3v) is 5.47. The molecule has 0 aliphatic carbocycles. The van der Waals surface area contributed by atoms with Gasteiger partial charge in [-0.1, -0.05) is 6.07 Å². The zero-order valence-corrected chi connectivity index (χ0v) is 16.2. The van der Waals surface area contributed by atoms with E-state index in [0.29, 0.717) is 25.0 Å². The zero-order chi connectivity index (χ0) is 17.9. The van der Waals surface area contributed by atoms with Gasteiger partial charge in [-0.15, -0.1) is 23.7 Å². The van der Waals surface area contributed by atoms with Crippen LogP contribution in [0.2, 0.25) is 0 Å². The number of hydrogen-bond acceptors (Lipinski definition) is 6. The lowest BCUT2D eigenvalue weighted by Crippen LogP contribution is -2.49. The standard InChI is InChI=1S/C18H19N5O2S.ClH/c24-16(3-7-22-12-21-17-14(18(22)25)4-9-26-17)23-8-6-20-11-15(23)13-2-1-5-19-10-13;/h1-2,4-5,9-10,12,15,20H,3,6-8,11H2;1H. The van der Waals surface area contributed by atoms with Crippen molar-refractivity contribution in [2.24, 2.45) is 0 Å². The summed E-state index contributed by atoms with van der Waals surface area (Å²) in [6.07, 6.45) is 5.33. The summed E-state index contributed by atoms with van der Waals surface area (Å²) in [4.78, 5) is 36.3. The first-order valence-electron chi connectivity index (χ1n) is 8.57. The van der Waals surface area contributed by atoms with Crippen LogP contribution in [0.3, 0.4) is 0 Å². The normalized spacial score (nSPS) is 16.9. The molecule has 142 valence electrons. The molecule has 0 spiro atoms. The quantitative estimate of drug-likeness (QED) is 0.716. The first-order valence-corrected chi connectivity index (χ1v) is 9.45. The first kappa shape index (κ1) is 19.5. The number of pyridine rings is 1. The van der Waals surface area contributed by atoms with Crippen LogP contribution in [0.5, 0.6) is 0 Å². The Balaban J connectivity index is 0.00000210. The highest BCUT2D eigenvalue weighted by molar-refractivity contribution is 7.16. The van der Waals surface area contributed by atoms with Crippen molar-refractivity contribution in [2.75, 3.05) is 19.6 Å². The molecule has 3 aromatic heterocycles. The van der Waals surface area contributed by atoms with E-state index in [1.165, 1.54) is 22.2 Å². The van der Waals surface area contributed by atoms with Gasteiger partial charge in [0.05, 0.1) is 17.8 Å². The van der Waals surface area contributed by atoms with Gasteiger partial charge >= 0.3 is 0 Å². The lowest BCUT2D eigenvalue weighted by Gasteiger charge is -2.36. The van der Waals surface area contributed by atoms with Gasteiger partial charge in [-0.2, -0.15) is 0 Å². The number of aryl methyl sites for hydroxylation is 1. The average molecular weight is 406 g/mol. The second kappa shape index (κ2) is 8.60. The molecule has 3 aromatic rings. The number of carbonyl (C=O) groups excluding carboxylic acids is 1. The number of piperazine rings is 1. The fraction of sp³-hybridized carbons (Fsp3) is 0.333. The molecule has 1 amide bonds. The Bertz CT molecular complexity index is 975. The summed E-state index contributed by atoms with van der Waals surface area (Å²) in [6, 6.07) is 5.62. The Morgan fingerprint density at radius 2 is 2.26 bits per heavy atom. The Morgan fingerprint density at radius 1 is 1.37 bits per heavy atom. The van der Waals surface area contributed by atoms with Gasteiger partial charge in [0.2, 0.25) is 5.91 Å². The predicted molar refractivity (Wildman–Crippen MR) is 107 cm³/mol. The molecule has 4 rings (SSSR count). The number of hydrogen-bond donors (Lipinski definition) is 1. The summed E-state index contributed by atoms with van der Waals surface area (Å²) >= 11 is 1.44. The Labute approximate surface area is 166 Å². The fourth-order valence-corrected chi connectivity index (χ4v) is 4.01. The number of rotatable bonds is 4. The maximum atomic E-state index is 12.8. The number of nitrogens with one attached hydrogen (secondary N) is 1. The van der Waals surface area contributed by atoms with Crippen LogP contribution in [0.1, 0.15) is 18.0 Å². The first-order chi connectivity index (χ1) is 12.7. The van der Waals surface area contributed by atoms with Gasteiger partial charge in [-0.05, 0) is 23.1 Å². The second-order valence-electron chi connectivity index (χ2n) is 6.23. The molecule has 1 aliphatic rings. The van der Waals surface area contributed by atoms with Crippen LogP contribution in [0.15, 0.2) is 47.1 Å². The van der Waals surface area contributed by atoms with Crippen molar-refractivity contribution >= 4 is 39.9 Å². The molecule has 1 unspecified atom stereocenters. The maximum Gasteiger partial charge on any atom is 0.262 e. The van der Waals surface area contributed by atoms with Crippen molar-refractivity contribution < 1.29 is 4.79 Å². The number of nitrogens with zero attached hydrogens (tertiary/aromatic N) is 4. The van der Waals surface area contributed by atoms with Crippen LogP contribution >= 0.6 is 23.7 Å². The minimum atomic E-state index is -0.0897. The average Bonchev–Trinajstić information content (AvgIpc) is 3.18. The van der Waals surface area contributed by atoms with Crippen LogP contribution in [-0.2, 0) is 11.3 Å². The number of amides is 1. The minimum Gasteiger partial charge on any atom is -0.333 e. The van der Waals surface area contributed by atoms with Gasteiger partial charge in [0.25, 0.3) is 5.56 Å². The van der Waals surface area contributed by atoms with Crippen LogP contribution in [0.25, 0.3) is 10.2 Å². The van der Waals surface area contributed by atoms with Gasteiger partial charge < -0.3 is 10.2 Å². The number of thiophene rings is 1. The molecule has 7 nitrogen and oxygen atoms in total. The Morgan fingerprint density at radius 3 is 3.07 bits per heavy atom. The third-order valence-electron chi connectivity index (χ3n) is 4.65. The van der Waals surface area contributed by atoms with Crippen LogP contribution < -0.4 is 10.9 Å². The molecule has 0 aromatic carbocycles. The number of halogens is 1. The van der Waals surface area contributed by atoms with Gasteiger partial charge in [0.1, 0.15) is 4.83 Å². The molecule has 0 radical (unpaired) electrons. The molecule has 0 bridgehead atoms. The molecular formula is C18H20ClN5O2S. The maximum absolute atomic E-state index is 12.8. The SMILES string of the molecule is Cl.O=C(CCn1cnc2sccc2c1=O)N1CCNCC1c1cccnc1. The molecule has 1 saturated heterocycles. The monoisotopic (exact) mass is 405 g/mol. The third kappa shape index (κ3) is 4.02. The molecule has 9 heteroatoms. The minimum absolute atomic E-state index is 0. The summed E-state index contributed by atoms with van der Waals surface area (Å²) in [5, 5.41) is 5.80. The van der Waals surface area contributed by atoms with Crippen LogP contribution in [-0.4, -0.2) is 45.0 Å². The van der Waals surface area contributed by atoms with E-state index in [1.807, 2.05) is 22.4 Å².